The number of nitrogens with zero attached hydrogens (tertiary/aromatic N) is 3. The normalized spacial score (nSPS) is 15.1. The lowest BCUT2D eigenvalue weighted by Gasteiger charge is -2.32. The number of aliphatic imine (C=N–C) groups is 1. The number of benzene rings is 1. The molecule has 2 N–H and O–H groups in total. The van der Waals surface area contributed by atoms with E-state index in [4.69, 9.17) is 9.73 Å². The predicted molar refractivity (Wildman–Crippen MR) is 143 cm³/mol. The molecule has 1 saturated heterocycles. The van der Waals surface area contributed by atoms with Crippen LogP contribution in [0.25, 0.3) is 0 Å². The number of halogens is 1. The zero-order valence-corrected chi connectivity index (χ0v) is 21.8. The number of hydrogen-bond acceptors (Lipinski definition) is 4. The monoisotopic (exact) mass is 551 g/mol. The number of piperidine rings is 1. The molecule has 3 rings (SSSR count). The van der Waals surface area contributed by atoms with Gasteiger partial charge in [-0.25, -0.2) is 0 Å². The van der Waals surface area contributed by atoms with Crippen LogP contribution in [0.3, 0.4) is 0 Å². The van der Waals surface area contributed by atoms with Gasteiger partial charge in [-0.3, -0.25) is 14.9 Å². The standard InChI is InChI=1S/C25H37N5O.HI/c1-3-18-31-24-10-7-8-21(19-24)11-15-28-25(26-4-2)29-22-12-16-30(17-13-22)20-23-9-5-6-14-27-23;/h5-10,14,19,22H,3-4,11-13,15-18,20H2,1-2H3,(H2,26,28,29);1H. The fourth-order valence-corrected chi connectivity index (χ4v) is 3.78. The third-order valence-corrected chi connectivity index (χ3v) is 5.43. The largest absolute Gasteiger partial charge is 0.494 e. The molecule has 0 bridgehead atoms. The number of guanidine groups is 1. The van der Waals surface area contributed by atoms with E-state index in [2.05, 4.69) is 64.7 Å². The van der Waals surface area contributed by atoms with E-state index in [0.717, 1.165) is 82.4 Å². The second-order valence-electron chi connectivity index (χ2n) is 8.02. The molecule has 0 radical (unpaired) electrons. The number of nitrogens with one attached hydrogen (secondary N) is 2. The van der Waals surface area contributed by atoms with E-state index in [1.165, 1.54) is 5.56 Å². The van der Waals surface area contributed by atoms with E-state index >= 15 is 0 Å². The van der Waals surface area contributed by atoms with Gasteiger partial charge in [0.15, 0.2) is 5.96 Å². The number of ether oxygens (including phenoxy) is 1. The van der Waals surface area contributed by atoms with Crippen LogP contribution < -0.4 is 15.4 Å². The lowest BCUT2D eigenvalue weighted by Crippen LogP contribution is -2.48. The van der Waals surface area contributed by atoms with Crippen LogP contribution in [0.1, 0.15) is 44.4 Å². The molecule has 1 fully saturated rings. The molecule has 0 spiro atoms. The van der Waals surface area contributed by atoms with Crippen molar-refractivity contribution >= 4 is 29.9 Å². The highest BCUT2D eigenvalue weighted by Gasteiger charge is 2.20. The summed E-state index contributed by atoms with van der Waals surface area (Å²) in [6, 6.07) is 15.0. The Morgan fingerprint density at radius 3 is 2.72 bits per heavy atom. The third kappa shape index (κ3) is 9.32. The zero-order chi connectivity index (χ0) is 21.7. The van der Waals surface area contributed by atoms with E-state index < -0.39 is 0 Å². The van der Waals surface area contributed by atoms with Gasteiger partial charge in [0.1, 0.15) is 5.75 Å². The molecule has 0 atom stereocenters. The zero-order valence-electron chi connectivity index (χ0n) is 19.4. The molecular weight excluding hydrogens is 513 g/mol. The molecule has 1 aromatic heterocycles. The van der Waals surface area contributed by atoms with Crippen molar-refractivity contribution in [1.82, 2.24) is 20.5 Å². The Balaban J connectivity index is 0.00000363. The van der Waals surface area contributed by atoms with Crippen LogP contribution in [0.15, 0.2) is 53.7 Å². The molecule has 1 aliphatic heterocycles. The molecule has 176 valence electrons. The summed E-state index contributed by atoms with van der Waals surface area (Å²) < 4.78 is 5.74. The van der Waals surface area contributed by atoms with Crippen molar-refractivity contribution in [2.75, 3.05) is 32.8 Å². The van der Waals surface area contributed by atoms with Gasteiger partial charge in [-0.05, 0) is 62.4 Å². The van der Waals surface area contributed by atoms with Crippen molar-refractivity contribution < 1.29 is 4.74 Å². The lowest BCUT2D eigenvalue weighted by molar-refractivity contribution is 0.196. The molecule has 32 heavy (non-hydrogen) atoms. The Bertz CT molecular complexity index is 794. The maximum Gasteiger partial charge on any atom is 0.191 e. The van der Waals surface area contributed by atoms with Crippen molar-refractivity contribution in [3.63, 3.8) is 0 Å². The van der Waals surface area contributed by atoms with Crippen molar-refractivity contribution in [2.24, 2.45) is 4.99 Å². The molecular formula is C25H38IN5O. The first-order chi connectivity index (χ1) is 15.3. The van der Waals surface area contributed by atoms with Crippen LogP contribution in [0.5, 0.6) is 5.75 Å². The molecule has 7 heteroatoms. The average molecular weight is 552 g/mol. The molecule has 1 aromatic carbocycles. The van der Waals surface area contributed by atoms with E-state index in [1.807, 2.05) is 18.3 Å². The van der Waals surface area contributed by atoms with E-state index in [-0.39, 0.29) is 24.0 Å². The summed E-state index contributed by atoms with van der Waals surface area (Å²) in [7, 11) is 0. The maximum atomic E-state index is 5.74. The molecule has 2 heterocycles. The van der Waals surface area contributed by atoms with Crippen LogP contribution in [-0.2, 0) is 13.0 Å². The molecule has 0 unspecified atom stereocenters. The summed E-state index contributed by atoms with van der Waals surface area (Å²) in [6.07, 6.45) is 6.04. The van der Waals surface area contributed by atoms with Crippen LogP contribution in [-0.4, -0.2) is 54.7 Å². The molecule has 0 amide bonds. The second-order valence-corrected chi connectivity index (χ2v) is 8.02. The summed E-state index contributed by atoms with van der Waals surface area (Å²) in [5.41, 5.74) is 2.41. The van der Waals surface area contributed by atoms with Crippen molar-refractivity contribution in [1.29, 1.82) is 0 Å². The molecule has 1 aliphatic rings. The predicted octanol–water partition coefficient (Wildman–Crippen LogP) is 4.25. The Morgan fingerprint density at radius 1 is 1.16 bits per heavy atom. The molecule has 0 saturated carbocycles. The lowest BCUT2D eigenvalue weighted by atomic mass is 10.0. The summed E-state index contributed by atoms with van der Waals surface area (Å²) in [5, 5.41) is 7.04. The summed E-state index contributed by atoms with van der Waals surface area (Å²) in [6.45, 7) is 9.71. The van der Waals surface area contributed by atoms with Crippen molar-refractivity contribution in [2.45, 2.75) is 52.1 Å². The maximum absolute atomic E-state index is 5.74. The second kappa shape index (κ2) is 15.1. The van der Waals surface area contributed by atoms with Crippen LogP contribution in [0.4, 0.5) is 0 Å². The van der Waals surface area contributed by atoms with Gasteiger partial charge in [0.2, 0.25) is 0 Å². The van der Waals surface area contributed by atoms with E-state index in [0.29, 0.717) is 6.04 Å². The van der Waals surface area contributed by atoms with Gasteiger partial charge < -0.3 is 15.4 Å². The minimum atomic E-state index is 0. The minimum Gasteiger partial charge on any atom is -0.494 e. The first kappa shape index (κ1) is 26.4. The SMILES string of the molecule is CCCOc1cccc(CCN=C(NCC)NC2CCN(Cc3ccccn3)CC2)c1.I. The highest BCUT2D eigenvalue weighted by molar-refractivity contribution is 14.0. The van der Waals surface area contributed by atoms with Crippen LogP contribution >= 0.6 is 24.0 Å². The van der Waals surface area contributed by atoms with Crippen molar-refractivity contribution in [3.05, 3.63) is 59.9 Å². The quantitative estimate of drug-likeness (QED) is 0.263. The summed E-state index contributed by atoms with van der Waals surface area (Å²) in [5.74, 6) is 1.87. The van der Waals surface area contributed by atoms with Gasteiger partial charge in [0.25, 0.3) is 0 Å². The Morgan fingerprint density at radius 2 is 2.00 bits per heavy atom. The van der Waals surface area contributed by atoms with Crippen LogP contribution in [0.2, 0.25) is 0 Å². The average Bonchev–Trinajstić information content (AvgIpc) is 2.80. The Hall–Kier alpha value is -1.87. The third-order valence-electron chi connectivity index (χ3n) is 5.43. The summed E-state index contributed by atoms with van der Waals surface area (Å²) >= 11 is 0. The fourth-order valence-electron chi connectivity index (χ4n) is 3.78. The number of pyridine rings is 1. The fraction of sp³-hybridized carbons (Fsp3) is 0.520. The van der Waals surface area contributed by atoms with Gasteiger partial charge in [0.05, 0.1) is 12.3 Å². The van der Waals surface area contributed by atoms with Gasteiger partial charge in [-0.15, -0.1) is 24.0 Å². The molecule has 0 aliphatic carbocycles. The number of aromatic nitrogens is 1. The molecule has 2 aromatic rings. The first-order valence-corrected chi connectivity index (χ1v) is 11.7. The van der Waals surface area contributed by atoms with E-state index in [1.54, 1.807) is 0 Å². The summed E-state index contributed by atoms with van der Waals surface area (Å²) in [4.78, 5) is 11.7. The van der Waals surface area contributed by atoms with E-state index in [9.17, 15) is 0 Å². The smallest absolute Gasteiger partial charge is 0.191 e. The molecule has 6 nitrogen and oxygen atoms in total. The minimum absolute atomic E-state index is 0. The van der Waals surface area contributed by atoms with Gasteiger partial charge in [-0.2, -0.15) is 0 Å². The Labute approximate surface area is 210 Å². The van der Waals surface area contributed by atoms with Gasteiger partial charge in [0, 0.05) is 45.0 Å². The number of rotatable bonds is 10. The van der Waals surface area contributed by atoms with Crippen molar-refractivity contribution in [3.8, 4) is 5.75 Å². The number of likely N-dealkylation sites (tertiary alicyclic amines) is 1. The highest BCUT2D eigenvalue weighted by Crippen LogP contribution is 2.15. The number of hydrogen-bond donors (Lipinski definition) is 2. The Kier molecular flexibility index (Phi) is 12.4. The topological polar surface area (TPSA) is 61.8 Å². The highest BCUT2D eigenvalue weighted by atomic mass is 127. The van der Waals surface area contributed by atoms with Crippen LogP contribution in [0, 0.1) is 0 Å². The first-order valence-electron chi connectivity index (χ1n) is 11.7. The van der Waals surface area contributed by atoms with Gasteiger partial charge >= 0.3 is 0 Å². The van der Waals surface area contributed by atoms with Gasteiger partial charge in [-0.1, -0.05) is 25.1 Å².